The highest BCUT2D eigenvalue weighted by atomic mass is 14.2. The molecule has 0 spiro atoms. The van der Waals surface area contributed by atoms with Crippen molar-refractivity contribution in [2.45, 2.75) is 6.42 Å². The Morgan fingerprint density at radius 1 is 0.520 bits per heavy atom. The van der Waals surface area contributed by atoms with Crippen molar-refractivity contribution in [1.29, 1.82) is 0 Å². The fraction of sp³-hybridized carbons (Fsp3) is 0.0400. The number of allylic oxidation sites excluding steroid dienone is 1. The Kier molecular flexibility index (Phi) is 3.28. The third kappa shape index (κ3) is 2.56. The lowest BCUT2D eigenvalue weighted by atomic mass is 9.98. The van der Waals surface area contributed by atoms with Crippen molar-refractivity contribution in [1.82, 2.24) is 0 Å². The summed E-state index contributed by atoms with van der Waals surface area (Å²) in [5.41, 5.74) is 8.09. The zero-order valence-corrected chi connectivity index (χ0v) is 13.9. The van der Waals surface area contributed by atoms with Gasteiger partial charge in [0.1, 0.15) is 0 Å². The lowest BCUT2D eigenvalue weighted by Gasteiger charge is -2.06. The van der Waals surface area contributed by atoms with Crippen LogP contribution in [0.1, 0.15) is 16.7 Å². The summed E-state index contributed by atoms with van der Waals surface area (Å²) < 4.78 is 0. The maximum atomic E-state index is 2.34. The van der Waals surface area contributed by atoms with E-state index in [1.165, 1.54) is 44.2 Å². The Morgan fingerprint density at radius 3 is 2.16 bits per heavy atom. The molecule has 0 N–H and O–H groups in total. The average Bonchev–Trinajstić information content (AvgIpc) is 3.11. The molecule has 0 aromatic heterocycles. The van der Waals surface area contributed by atoms with Crippen molar-refractivity contribution in [3.05, 3.63) is 108 Å². The first-order chi connectivity index (χ1) is 12.4. The number of rotatable bonds is 2. The largest absolute Gasteiger partial charge is 0.0622 e. The standard InChI is InChI=1S/C25H18/c1-2-6-18(7-3-1)21-12-13-23-16-25(17-24(23)15-21)22-11-10-19-8-4-5-9-20(19)14-22/h1-16H,17H2. The molecule has 5 rings (SSSR count). The molecule has 4 aromatic carbocycles. The molecule has 0 saturated heterocycles. The first kappa shape index (κ1) is 14.2. The van der Waals surface area contributed by atoms with Gasteiger partial charge in [0.25, 0.3) is 0 Å². The van der Waals surface area contributed by atoms with E-state index >= 15 is 0 Å². The van der Waals surface area contributed by atoms with Crippen molar-refractivity contribution < 1.29 is 0 Å². The maximum Gasteiger partial charge on any atom is -0.00135 e. The van der Waals surface area contributed by atoms with Gasteiger partial charge < -0.3 is 0 Å². The van der Waals surface area contributed by atoms with E-state index in [0.717, 1.165) is 6.42 Å². The van der Waals surface area contributed by atoms with Gasteiger partial charge in [-0.05, 0) is 56.6 Å². The van der Waals surface area contributed by atoms with Crippen LogP contribution >= 0.6 is 0 Å². The molecular formula is C25H18. The summed E-state index contributed by atoms with van der Waals surface area (Å²) in [6.45, 7) is 0. The Bertz CT molecular complexity index is 1100. The number of benzene rings is 4. The lowest BCUT2D eigenvalue weighted by Crippen LogP contribution is -1.87. The normalized spacial score (nSPS) is 12.9. The highest BCUT2D eigenvalue weighted by molar-refractivity contribution is 5.93. The molecule has 0 amide bonds. The smallest absolute Gasteiger partial charge is 0.00135 e. The Morgan fingerprint density at radius 2 is 1.28 bits per heavy atom. The van der Waals surface area contributed by atoms with Gasteiger partial charge in [-0.15, -0.1) is 0 Å². The Hall–Kier alpha value is -3.12. The van der Waals surface area contributed by atoms with E-state index in [1.54, 1.807) is 0 Å². The van der Waals surface area contributed by atoms with E-state index in [2.05, 4.69) is 97.1 Å². The first-order valence-corrected chi connectivity index (χ1v) is 8.75. The van der Waals surface area contributed by atoms with Crippen LogP contribution in [0, 0.1) is 0 Å². The van der Waals surface area contributed by atoms with Crippen molar-refractivity contribution in [2.75, 3.05) is 0 Å². The first-order valence-electron chi connectivity index (χ1n) is 8.75. The van der Waals surface area contributed by atoms with Gasteiger partial charge in [-0.2, -0.15) is 0 Å². The van der Waals surface area contributed by atoms with E-state index in [4.69, 9.17) is 0 Å². The fourth-order valence-electron chi connectivity index (χ4n) is 3.73. The van der Waals surface area contributed by atoms with Gasteiger partial charge in [-0.25, -0.2) is 0 Å². The summed E-state index contributed by atoms with van der Waals surface area (Å²) in [5, 5.41) is 2.61. The molecule has 25 heavy (non-hydrogen) atoms. The second kappa shape index (κ2) is 5.75. The van der Waals surface area contributed by atoms with Crippen LogP contribution in [-0.4, -0.2) is 0 Å². The third-order valence-electron chi connectivity index (χ3n) is 5.08. The Balaban J connectivity index is 1.50. The molecule has 0 heteroatoms. The van der Waals surface area contributed by atoms with Crippen molar-refractivity contribution >= 4 is 22.4 Å². The quantitative estimate of drug-likeness (QED) is 0.390. The van der Waals surface area contributed by atoms with Gasteiger partial charge in [0, 0.05) is 0 Å². The van der Waals surface area contributed by atoms with Gasteiger partial charge in [0.15, 0.2) is 0 Å². The summed E-state index contributed by atoms with van der Waals surface area (Å²) in [6.07, 6.45) is 3.35. The van der Waals surface area contributed by atoms with Gasteiger partial charge in [-0.3, -0.25) is 0 Å². The van der Waals surface area contributed by atoms with Gasteiger partial charge in [-0.1, -0.05) is 91.0 Å². The third-order valence-corrected chi connectivity index (χ3v) is 5.08. The SMILES string of the molecule is C1=C(c2ccc3ccccc3c2)Cc2cc(-c3ccccc3)ccc21. The molecule has 0 fully saturated rings. The summed E-state index contributed by atoms with van der Waals surface area (Å²) >= 11 is 0. The average molecular weight is 318 g/mol. The molecule has 0 nitrogen and oxygen atoms in total. The predicted molar refractivity (Wildman–Crippen MR) is 107 cm³/mol. The topological polar surface area (TPSA) is 0 Å². The summed E-state index contributed by atoms with van der Waals surface area (Å²) in [6, 6.07) is 32.8. The molecule has 0 radical (unpaired) electrons. The van der Waals surface area contributed by atoms with Crippen LogP contribution < -0.4 is 0 Å². The van der Waals surface area contributed by atoms with Crippen LogP contribution in [0.5, 0.6) is 0 Å². The van der Waals surface area contributed by atoms with E-state index in [0.29, 0.717) is 0 Å². The van der Waals surface area contributed by atoms with Gasteiger partial charge in [0.2, 0.25) is 0 Å². The lowest BCUT2D eigenvalue weighted by molar-refractivity contribution is 1.32. The second-order valence-corrected chi connectivity index (χ2v) is 6.69. The van der Waals surface area contributed by atoms with Crippen molar-refractivity contribution in [3.8, 4) is 11.1 Å². The molecule has 0 bridgehead atoms. The summed E-state index contributed by atoms with van der Waals surface area (Å²) in [7, 11) is 0. The van der Waals surface area contributed by atoms with Gasteiger partial charge >= 0.3 is 0 Å². The molecular weight excluding hydrogens is 300 g/mol. The molecule has 1 aliphatic rings. The fourth-order valence-corrected chi connectivity index (χ4v) is 3.73. The van der Waals surface area contributed by atoms with Crippen molar-refractivity contribution in [2.24, 2.45) is 0 Å². The second-order valence-electron chi connectivity index (χ2n) is 6.69. The van der Waals surface area contributed by atoms with Crippen LogP contribution in [0.4, 0.5) is 0 Å². The molecule has 4 aromatic rings. The van der Waals surface area contributed by atoms with Crippen LogP contribution in [0.2, 0.25) is 0 Å². The molecule has 0 heterocycles. The molecule has 0 saturated carbocycles. The minimum atomic E-state index is 1.01. The predicted octanol–water partition coefficient (Wildman–Crippen LogP) is 6.60. The van der Waals surface area contributed by atoms with E-state index in [1.807, 2.05) is 0 Å². The molecule has 0 aliphatic heterocycles. The maximum absolute atomic E-state index is 2.34. The molecule has 0 unspecified atom stereocenters. The number of hydrogen-bond donors (Lipinski definition) is 0. The Labute approximate surface area is 148 Å². The minimum absolute atomic E-state index is 1.01. The van der Waals surface area contributed by atoms with E-state index < -0.39 is 0 Å². The zero-order valence-electron chi connectivity index (χ0n) is 13.9. The minimum Gasteiger partial charge on any atom is -0.0622 e. The van der Waals surface area contributed by atoms with Crippen LogP contribution in [0.25, 0.3) is 33.5 Å². The molecule has 1 aliphatic carbocycles. The van der Waals surface area contributed by atoms with Crippen LogP contribution in [0.3, 0.4) is 0 Å². The molecule has 0 atom stereocenters. The van der Waals surface area contributed by atoms with Crippen LogP contribution in [-0.2, 0) is 6.42 Å². The highest BCUT2D eigenvalue weighted by Gasteiger charge is 2.15. The van der Waals surface area contributed by atoms with E-state index in [-0.39, 0.29) is 0 Å². The van der Waals surface area contributed by atoms with Crippen LogP contribution in [0.15, 0.2) is 91.0 Å². The monoisotopic (exact) mass is 318 g/mol. The zero-order chi connectivity index (χ0) is 16.6. The van der Waals surface area contributed by atoms with E-state index in [9.17, 15) is 0 Å². The van der Waals surface area contributed by atoms with Crippen molar-refractivity contribution in [3.63, 3.8) is 0 Å². The summed E-state index contributed by atoms with van der Waals surface area (Å²) in [5.74, 6) is 0. The van der Waals surface area contributed by atoms with Gasteiger partial charge in [0.05, 0.1) is 0 Å². The molecule has 118 valence electrons. The number of fused-ring (bicyclic) bond motifs is 2. The highest BCUT2D eigenvalue weighted by Crippen LogP contribution is 2.35. The summed E-state index contributed by atoms with van der Waals surface area (Å²) in [4.78, 5) is 0. The number of hydrogen-bond acceptors (Lipinski definition) is 0.